The van der Waals surface area contributed by atoms with Crippen LogP contribution in [-0.4, -0.2) is 11.4 Å². The second kappa shape index (κ2) is 5.74. The summed E-state index contributed by atoms with van der Waals surface area (Å²) in [6, 6.07) is 5.70. The highest BCUT2D eigenvalue weighted by molar-refractivity contribution is 5.93. The molecule has 3 N–H and O–H groups in total. The lowest BCUT2D eigenvalue weighted by Crippen LogP contribution is -2.43. The molecule has 0 heterocycles. The number of primary amides is 1. The summed E-state index contributed by atoms with van der Waals surface area (Å²) in [5.41, 5.74) is 8.52. The van der Waals surface area contributed by atoms with Gasteiger partial charge in [-0.05, 0) is 49.9 Å². The second-order valence-corrected chi connectivity index (χ2v) is 5.98. The van der Waals surface area contributed by atoms with E-state index in [1.54, 1.807) is 0 Å². The first kappa shape index (κ1) is 14.1. The molecule has 1 aliphatic carbocycles. The van der Waals surface area contributed by atoms with Crippen LogP contribution in [0.2, 0.25) is 0 Å². The third kappa shape index (κ3) is 3.57. The van der Waals surface area contributed by atoms with Gasteiger partial charge in [0.05, 0.1) is 0 Å². The standard InChI is InChI=1S/C16H24N2O/c1-12-10-13(15(17)19)6-7-14(12)11-18-16(2)8-4-3-5-9-16/h6-7,10,18H,3-5,8-9,11H2,1-2H3,(H2,17,19). The van der Waals surface area contributed by atoms with Gasteiger partial charge in [0, 0.05) is 17.6 Å². The summed E-state index contributed by atoms with van der Waals surface area (Å²) in [7, 11) is 0. The molecule has 0 radical (unpaired) electrons. The predicted molar refractivity (Wildman–Crippen MR) is 78.0 cm³/mol. The van der Waals surface area contributed by atoms with Crippen molar-refractivity contribution in [3.63, 3.8) is 0 Å². The molecule has 0 aliphatic heterocycles. The molecule has 1 aromatic carbocycles. The molecule has 3 heteroatoms. The van der Waals surface area contributed by atoms with Gasteiger partial charge in [-0.25, -0.2) is 0 Å². The molecule has 0 bridgehead atoms. The third-order valence-corrected chi connectivity index (χ3v) is 4.29. The van der Waals surface area contributed by atoms with Gasteiger partial charge in [0.15, 0.2) is 0 Å². The number of carbonyl (C=O) groups excluding carboxylic acids is 1. The van der Waals surface area contributed by atoms with E-state index in [0.717, 1.165) is 12.1 Å². The van der Waals surface area contributed by atoms with Crippen molar-refractivity contribution in [3.05, 3.63) is 34.9 Å². The van der Waals surface area contributed by atoms with Crippen LogP contribution in [0.4, 0.5) is 0 Å². The lowest BCUT2D eigenvalue weighted by molar-refractivity contribution is 0.1000. The molecule has 0 aromatic heterocycles. The van der Waals surface area contributed by atoms with Crippen LogP contribution in [0.25, 0.3) is 0 Å². The van der Waals surface area contributed by atoms with E-state index in [9.17, 15) is 4.79 Å². The molecule has 1 amide bonds. The summed E-state index contributed by atoms with van der Waals surface area (Å²) >= 11 is 0. The summed E-state index contributed by atoms with van der Waals surface area (Å²) < 4.78 is 0. The number of amides is 1. The highest BCUT2D eigenvalue weighted by Crippen LogP contribution is 2.28. The van der Waals surface area contributed by atoms with Crippen molar-refractivity contribution in [1.82, 2.24) is 5.32 Å². The maximum atomic E-state index is 11.1. The summed E-state index contributed by atoms with van der Waals surface area (Å²) in [6.45, 7) is 5.22. The molecular formula is C16H24N2O. The fourth-order valence-electron chi connectivity index (χ4n) is 2.86. The van der Waals surface area contributed by atoms with Crippen molar-refractivity contribution in [2.24, 2.45) is 5.73 Å². The first-order valence-corrected chi connectivity index (χ1v) is 7.15. The monoisotopic (exact) mass is 260 g/mol. The Bertz CT molecular complexity index is 462. The molecule has 19 heavy (non-hydrogen) atoms. The summed E-state index contributed by atoms with van der Waals surface area (Å²) in [5.74, 6) is -0.359. The zero-order valence-electron chi connectivity index (χ0n) is 12.0. The van der Waals surface area contributed by atoms with E-state index in [0.29, 0.717) is 5.56 Å². The lowest BCUT2D eigenvalue weighted by Gasteiger charge is -2.35. The van der Waals surface area contributed by atoms with Crippen molar-refractivity contribution in [1.29, 1.82) is 0 Å². The van der Waals surface area contributed by atoms with Crippen LogP contribution < -0.4 is 11.1 Å². The topological polar surface area (TPSA) is 55.1 Å². The minimum absolute atomic E-state index is 0.271. The fourth-order valence-corrected chi connectivity index (χ4v) is 2.86. The SMILES string of the molecule is Cc1cc(C(N)=O)ccc1CNC1(C)CCCCC1. The number of rotatable bonds is 4. The Kier molecular flexibility index (Phi) is 4.25. The summed E-state index contributed by atoms with van der Waals surface area (Å²) in [5, 5.41) is 3.69. The number of hydrogen-bond acceptors (Lipinski definition) is 2. The number of aryl methyl sites for hydroxylation is 1. The number of hydrogen-bond donors (Lipinski definition) is 2. The van der Waals surface area contributed by atoms with Gasteiger partial charge in [0.1, 0.15) is 0 Å². The van der Waals surface area contributed by atoms with E-state index < -0.39 is 0 Å². The van der Waals surface area contributed by atoms with Crippen LogP contribution in [0, 0.1) is 6.92 Å². The van der Waals surface area contributed by atoms with Crippen molar-refractivity contribution in [2.45, 2.75) is 58.0 Å². The largest absolute Gasteiger partial charge is 0.366 e. The number of carbonyl (C=O) groups is 1. The van der Waals surface area contributed by atoms with Crippen molar-refractivity contribution in [2.75, 3.05) is 0 Å². The lowest BCUT2D eigenvalue weighted by atomic mass is 9.83. The van der Waals surface area contributed by atoms with Crippen LogP contribution in [0.5, 0.6) is 0 Å². The average Bonchev–Trinajstić information content (AvgIpc) is 2.38. The molecule has 0 saturated heterocycles. The van der Waals surface area contributed by atoms with Crippen LogP contribution >= 0.6 is 0 Å². The van der Waals surface area contributed by atoms with E-state index in [-0.39, 0.29) is 11.4 Å². The smallest absolute Gasteiger partial charge is 0.248 e. The Hall–Kier alpha value is -1.35. The van der Waals surface area contributed by atoms with E-state index in [1.807, 2.05) is 25.1 Å². The Morgan fingerprint density at radius 2 is 2.00 bits per heavy atom. The van der Waals surface area contributed by atoms with Gasteiger partial charge in [0.2, 0.25) is 5.91 Å². The van der Waals surface area contributed by atoms with Crippen LogP contribution in [0.1, 0.15) is 60.5 Å². The van der Waals surface area contributed by atoms with Crippen molar-refractivity contribution >= 4 is 5.91 Å². The second-order valence-electron chi connectivity index (χ2n) is 5.98. The fraction of sp³-hybridized carbons (Fsp3) is 0.562. The molecule has 1 fully saturated rings. The zero-order valence-corrected chi connectivity index (χ0v) is 12.0. The van der Waals surface area contributed by atoms with Gasteiger partial charge in [0.25, 0.3) is 0 Å². The Labute approximate surface area is 115 Å². The van der Waals surface area contributed by atoms with Gasteiger partial charge < -0.3 is 11.1 Å². The summed E-state index contributed by atoms with van der Waals surface area (Å²) in [4.78, 5) is 11.1. The van der Waals surface area contributed by atoms with E-state index >= 15 is 0 Å². The first-order chi connectivity index (χ1) is 9.00. The molecular weight excluding hydrogens is 236 g/mol. The molecule has 1 saturated carbocycles. The van der Waals surface area contributed by atoms with Gasteiger partial charge >= 0.3 is 0 Å². The number of benzene rings is 1. The highest BCUT2D eigenvalue weighted by atomic mass is 16.1. The molecule has 0 unspecified atom stereocenters. The molecule has 104 valence electrons. The quantitative estimate of drug-likeness (QED) is 0.874. The normalized spacial score (nSPS) is 18.2. The highest BCUT2D eigenvalue weighted by Gasteiger charge is 2.25. The van der Waals surface area contributed by atoms with Crippen molar-refractivity contribution in [3.8, 4) is 0 Å². The Morgan fingerprint density at radius 1 is 1.32 bits per heavy atom. The molecule has 2 rings (SSSR count). The van der Waals surface area contributed by atoms with Crippen LogP contribution in [0.15, 0.2) is 18.2 Å². The van der Waals surface area contributed by atoms with Gasteiger partial charge in [-0.2, -0.15) is 0 Å². The molecule has 1 aromatic rings. The van der Waals surface area contributed by atoms with Crippen LogP contribution in [-0.2, 0) is 6.54 Å². The Morgan fingerprint density at radius 3 is 2.58 bits per heavy atom. The first-order valence-electron chi connectivity index (χ1n) is 7.15. The predicted octanol–water partition coefficient (Wildman–Crippen LogP) is 2.91. The zero-order chi connectivity index (χ0) is 13.9. The minimum Gasteiger partial charge on any atom is -0.366 e. The maximum absolute atomic E-state index is 11.1. The van der Waals surface area contributed by atoms with Gasteiger partial charge in [-0.1, -0.05) is 25.3 Å². The molecule has 3 nitrogen and oxygen atoms in total. The minimum atomic E-state index is -0.359. The number of nitrogens with two attached hydrogens (primary N) is 1. The molecule has 0 atom stereocenters. The van der Waals surface area contributed by atoms with Crippen molar-refractivity contribution < 1.29 is 4.79 Å². The van der Waals surface area contributed by atoms with E-state index in [4.69, 9.17) is 5.73 Å². The van der Waals surface area contributed by atoms with Gasteiger partial charge in [-0.3, -0.25) is 4.79 Å². The molecule has 0 spiro atoms. The van der Waals surface area contributed by atoms with Crippen LogP contribution in [0.3, 0.4) is 0 Å². The maximum Gasteiger partial charge on any atom is 0.248 e. The third-order valence-electron chi connectivity index (χ3n) is 4.29. The van der Waals surface area contributed by atoms with E-state index in [2.05, 4.69) is 12.2 Å². The van der Waals surface area contributed by atoms with Gasteiger partial charge in [-0.15, -0.1) is 0 Å². The summed E-state index contributed by atoms with van der Waals surface area (Å²) in [6.07, 6.45) is 6.52. The average molecular weight is 260 g/mol. The molecule has 1 aliphatic rings. The van der Waals surface area contributed by atoms with E-state index in [1.165, 1.54) is 37.7 Å². The Balaban J connectivity index is 2.01. The number of nitrogens with one attached hydrogen (secondary N) is 1.